The second-order valence-electron chi connectivity index (χ2n) is 4.72. The molecule has 3 rings (SSSR count). The van der Waals surface area contributed by atoms with Crippen LogP contribution in [0.25, 0.3) is 10.9 Å². The van der Waals surface area contributed by atoms with Crippen molar-refractivity contribution in [1.82, 2.24) is 10.4 Å². The van der Waals surface area contributed by atoms with Gasteiger partial charge >= 0.3 is 0 Å². The summed E-state index contributed by atoms with van der Waals surface area (Å²) in [4.78, 5) is 4.30. The number of benzene rings is 2. The molecule has 3 N–H and O–H groups in total. The molecule has 2 aromatic carbocycles. The van der Waals surface area contributed by atoms with Gasteiger partial charge in [-0.25, -0.2) is 9.82 Å². The number of rotatable bonds is 3. The Hall–Kier alpha value is -1.82. The van der Waals surface area contributed by atoms with Gasteiger partial charge in [0.1, 0.15) is 5.82 Å². The number of nitrogens with two attached hydrogens (primary N) is 1. The molecule has 0 saturated carbocycles. The molecule has 1 atom stereocenters. The highest BCUT2D eigenvalue weighted by molar-refractivity contribution is 9.10. The number of aromatic nitrogens is 1. The number of nitrogens with one attached hydrogen (secondary N) is 1. The first-order valence-corrected chi connectivity index (χ1v) is 7.24. The minimum Gasteiger partial charge on any atom is -0.271 e. The summed E-state index contributed by atoms with van der Waals surface area (Å²) in [6.07, 6.45) is 1.76. The summed E-state index contributed by atoms with van der Waals surface area (Å²) in [5.74, 6) is 5.42. The molecule has 0 amide bonds. The average Bonchev–Trinajstić information content (AvgIpc) is 2.50. The van der Waals surface area contributed by atoms with Crippen LogP contribution >= 0.6 is 15.9 Å². The molecule has 5 heteroatoms. The molecule has 0 aliphatic heterocycles. The van der Waals surface area contributed by atoms with Crippen molar-refractivity contribution in [2.24, 2.45) is 5.84 Å². The largest absolute Gasteiger partial charge is 0.271 e. The Labute approximate surface area is 130 Å². The number of hydrazine groups is 1. The van der Waals surface area contributed by atoms with E-state index in [-0.39, 0.29) is 11.9 Å². The summed E-state index contributed by atoms with van der Waals surface area (Å²) in [7, 11) is 0. The van der Waals surface area contributed by atoms with E-state index in [2.05, 4.69) is 26.3 Å². The molecule has 21 heavy (non-hydrogen) atoms. The standard InChI is InChI=1S/C16H13BrFN3/c17-14-9-12(18)4-5-13(14)16(21-19)11-3-6-15-10(8-11)2-1-7-20-15/h1-9,16,21H,19H2. The first-order chi connectivity index (χ1) is 10.2. The molecule has 0 radical (unpaired) electrons. The summed E-state index contributed by atoms with van der Waals surface area (Å²) in [5, 5.41) is 1.04. The van der Waals surface area contributed by atoms with Crippen molar-refractivity contribution in [3.8, 4) is 0 Å². The quantitative estimate of drug-likeness (QED) is 0.562. The summed E-state index contributed by atoms with van der Waals surface area (Å²) in [6.45, 7) is 0. The van der Waals surface area contributed by atoms with Crippen molar-refractivity contribution in [2.75, 3.05) is 0 Å². The van der Waals surface area contributed by atoms with Crippen LogP contribution in [0.3, 0.4) is 0 Å². The molecule has 1 unspecified atom stereocenters. The van der Waals surface area contributed by atoms with Gasteiger partial charge in [-0.15, -0.1) is 0 Å². The zero-order chi connectivity index (χ0) is 14.8. The third-order valence-corrected chi connectivity index (χ3v) is 4.09. The van der Waals surface area contributed by atoms with Crippen LogP contribution in [-0.2, 0) is 0 Å². The van der Waals surface area contributed by atoms with Crippen LogP contribution in [0.2, 0.25) is 0 Å². The molecule has 1 heterocycles. The molecule has 0 fully saturated rings. The Morgan fingerprint density at radius 3 is 2.76 bits per heavy atom. The van der Waals surface area contributed by atoms with Gasteiger partial charge in [-0.3, -0.25) is 10.8 Å². The molecule has 0 saturated heterocycles. The molecule has 1 aromatic heterocycles. The number of pyridine rings is 1. The van der Waals surface area contributed by atoms with Crippen molar-refractivity contribution >= 4 is 26.8 Å². The van der Waals surface area contributed by atoms with Gasteiger partial charge in [0.05, 0.1) is 11.6 Å². The highest BCUT2D eigenvalue weighted by Crippen LogP contribution is 2.30. The number of fused-ring (bicyclic) bond motifs is 1. The SMILES string of the molecule is NNC(c1ccc2ncccc2c1)c1ccc(F)cc1Br. The van der Waals surface area contributed by atoms with E-state index in [1.54, 1.807) is 12.3 Å². The first kappa shape index (κ1) is 14.1. The lowest BCUT2D eigenvalue weighted by atomic mass is 9.98. The lowest BCUT2D eigenvalue weighted by molar-refractivity contribution is 0.613. The molecule has 0 bridgehead atoms. The van der Waals surface area contributed by atoms with E-state index in [4.69, 9.17) is 5.84 Å². The maximum Gasteiger partial charge on any atom is 0.124 e. The van der Waals surface area contributed by atoms with Crippen LogP contribution in [0.4, 0.5) is 4.39 Å². The van der Waals surface area contributed by atoms with E-state index in [0.717, 1.165) is 22.0 Å². The van der Waals surface area contributed by atoms with E-state index in [1.165, 1.54) is 12.1 Å². The number of hydrogen-bond donors (Lipinski definition) is 2. The van der Waals surface area contributed by atoms with Crippen LogP contribution in [-0.4, -0.2) is 4.98 Å². The van der Waals surface area contributed by atoms with Crippen molar-refractivity contribution in [3.05, 3.63) is 76.1 Å². The van der Waals surface area contributed by atoms with Gasteiger partial charge in [-0.2, -0.15) is 0 Å². The van der Waals surface area contributed by atoms with Gasteiger partial charge in [-0.05, 0) is 41.5 Å². The smallest absolute Gasteiger partial charge is 0.124 e. The average molecular weight is 346 g/mol. The van der Waals surface area contributed by atoms with Gasteiger partial charge in [0, 0.05) is 16.1 Å². The topological polar surface area (TPSA) is 50.9 Å². The predicted octanol–water partition coefficient (Wildman–Crippen LogP) is 3.69. The first-order valence-electron chi connectivity index (χ1n) is 6.45. The Bertz CT molecular complexity index is 791. The second kappa shape index (κ2) is 5.89. The van der Waals surface area contributed by atoms with Crippen molar-refractivity contribution in [1.29, 1.82) is 0 Å². The molecule has 106 valence electrons. The maximum absolute atomic E-state index is 13.2. The Balaban J connectivity index is 2.09. The van der Waals surface area contributed by atoms with E-state index < -0.39 is 0 Å². The summed E-state index contributed by atoms with van der Waals surface area (Å²) >= 11 is 3.39. The van der Waals surface area contributed by atoms with E-state index in [0.29, 0.717) is 4.47 Å². The molecule has 0 aliphatic rings. The fraction of sp³-hybridized carbons (Fsp3) is 0.0625. The van der Waals surface area contributed by atoms with E-state index >= 15 is 0 Å². The lowest BCUT2D eigenvalue weighted by Gasteiger charge is -2.19. The van der Waals surface area contributed by atoms with Crippen molar-refractivity contribution in [2.45, 2.75) is 6.04 Å². The summed E-state index contributed by atoms with van der Waals surface area (Å²) in [5.41, 5.74) is 5.58. The number of halogens is 2. The van der Waals surface area contributed by atoms with Crippen molar-refractivity contribution < 1.29 is 4.39 Å². The van der Waals surface area contributed by atoms with Crippen LogP contribution in [0.5, 0.6) is 0 Å². The highest BCUT2D eigenvalue weighted by Gasteiger charge is 2.16. The van der Waals surface area contributed by atoms with Gasteiger partial charge < -0.3 is 0 Å². The van der Waals surface area contributed by atoms with Crippen molar-refractivity contribution in [3.63, 3.8) is 0 Å². The third kappa shape index (κ3) is 2.81. The fourth-order valence-corrected chi connectivity index (χ4v) is 2.95. The number of nitrogens with zero attached hydrogens (tertiary/aromatic N) is 1. The molecular formula is C16H13BrFN3. The highest BCUT2D eigenvalue weighted by atomic mass is 79.9. The van der Waals surface area contributed by atoms with Gasteiger partial charge in [0.25, 0.3) is 0 Å². The summed E-state index contributed by atoms with van der Waals surface area (Å²) < 4.78 is 13.9. The molecule has 3 nitrogen and oxygen atoms in total. The summed E-state index contributed by atoms with van der Waals surface area (Å²) in [6, 6.07) is 14.2. The van der Waals surface area contributed by atoms with Gasteiger partial charge in [0.2, 0.25) is 0 Å². The molecule has 0 spiro atoms. The Kier molecular flexibility index (Phi) is 3.96. The fourth-order valence-electron chi connectivity index (χ4n) is 2.37. The molecule has 3 aromatic rings. The predicted molar refractivity (Wildman–Crippen MR) is 85.0 cm³/mol. The maximum atomic E-state index is 13.2. The van der Waals surface area contributed by atoms with Gasteiger partial charge in [-0.1, -0.05) is 34.1 Å². The van der Waals surface area contributed by atoms with Crippen LogP contribution in [0, 0.1) is 5.82 Å². The minimum atomic E-state index is -0.288. The zero-order valence-electron chi connectivity index (χ0n) is 11.1. The van der Waals surface area contributed by atoms with Crippen LogP contribution in [0.15, 0.2) is 59.2 Å². The monoisotopic (exact) mass is 345 g/mol. The second-order valence-corrected chi connectivity index (χ2v) is 5.58. The van der Waals surface area contributed by atoms with E-state index in [9.17, 15) is 4.39 Å². The normalized spacial score (nSPS) is 12.5. The molecular weight excluding hydrogens is 333 g/mol. The zero-order valence-corrected chi connectivity index (χ0v) is 12.6. The molecule has 0 aliphatic carbocycles. The Morgan fingerprint density at radius 1 is 1.14 bits per heavy atom. The minimum absolute atomic E-state index is 0.232. The lowest BCUT2D eigenvalue weighted by Crippen LogP contribution is -2.29. The van der Waals surface area contributed by atoms with Crippen LogP contribution < -0.4 is 11.3 Å². The third-order valence-electron chi connectivity index (χ3n) is 3.40. The Morgan fingerprint density at radius 2 is 2.00 bits per heavy atom. The number of hydrogen-bond acceptors (Lipinski definition) is 3. The van der Waals surface area contributed by atoms with Gasteiger partial charge in [0.15, 0.2) is 0 Å². The van der Waals surface area contributed by atoms with E-state index in [1.807, 2.05) is 30.3 Å². The van der Waals surface area contributed by atoms with Crippen LogP contribution in [0.1, 0.15) is 17.2 Å².